The molecule has 18 heavy (non-hydrogen) atoms. The predicted octanol–water partition coefficient (Wildman–Crippen LogP) is 3.53. The average Bonchev–Trinajstić information content (AvgIpc) is 2.54. The summed E-state index contributed by atoms with van der Waals surface area (Å²) in [6, 6.07) is 4.41. The van der Waals surface area contributed by atoms with Crippen LogP contribution in [0.25, 0.3) is 0 Å². The van der Waals surface area contributed by atoms with Gasteiger partial charge in [0.2, 0.25) is 0 Å². The first-order valence-electron chi connectivity index (χ1n) is 6.39. The fourth-order valence-corrected chi connectivity index (χ4v) is 2.85. The molecule has 0 fully saturated rings. The van der Waals surface area contributed by atoms with Gasteiger partial charge in [0.25, 0.3) is 0 Å². The molecule has 4 heteroatoms. The minimum Gasteiger partial charge on any atom is -0.490 e. The van der Waals surface area contributed by atoms with Gasteiger partial charge in [0.05, 0.1) is 13.2 Å². The Hall–Kier alpha value is -0.740. The first kappa shape index (κ1) is 13.7. The van der Waals surface area contributed by atoms with Gasteiger partial charge < -0.3 is 14.8 Å². The molecule has 0 saturated heterocycles. The summed E-state index contributed by atoms with van der Waals surface area (Å²) in [6.07, 6.45) is 0.932. The van der Waals surface area contributed by atoms with Crippen molar-refractivity contribution in [2.24, 2.45) is 5.92 Å². The van der Waals surface area contributed by atoms with Crippen LogP contribution in [-0.2, 0) is 0 Å². The van der Waals surface area contributed by atoms with E-state index in [0.29, 0.717) is 12.0 Å². The lowest BCUT2D eigenvalue weighted by Gasteiger charge is -2.23. The highest BCUT2D eigenvalue weighted by atomic mass is 79.9. The summed E-state index contributed by atoms with van der Waals surface area (Å²) in [5.74, 6) is 2.20. The van der Waals surface area contributed by atoms with Crippen molar-refractivity contribution in [1.29, 1.82) is 0 Å². The number of hydrogen-bond acceptors (Lipinski definition) is 3. The van der Waals surface area contributed by atoms with Crippen molar-refractivity contribution >= 4 is 15.9 Å². The zero-order valence-corrected chi connectivity index (χ0v) is 12.7. The first-order chi connectivity index (χ1) is 8.63. The van der Waals surface area contributed by atoms with Gasteiger partial charge in [-0.05, 0) is 30.7 Å². The normalized spacial score (nSPS) is 16.5. The average molecular weight is 314 g/mol. The molecule has 0 saturated carbocycles. The highest BCUT2D eigenvalue weighted by molar-refractivity contribution is 9.10. The summed E-state index contributed by atoms with van der Waals surface area (Å²) >= 11 is 3.64. The lowest BCUT2D eigenvalue weighted by atomic mass is 9.96. The Bertz CT molecular complexity index is 421. The molecule has 1 unspecified atom stereocenters. The van der Waals surface area contributed by atoms with Gasteiger partial charge in [0.1, 0.15) is 0 Å². The van der Waals surface area contributed by atoms with Crippen molar-refractivity contribution in [2.75, 3.05) is 20.3 Å². The van der Waals surface area contributed by atoms with Crippen LogP contribution in [0, 0.1) is 5.92 Å². The van der Waals surface area contributed by atoms with Crippen molar-refractivity contribution in [3.8, 4) is 11.5 Å². The third kappa shape index (κ3) is 2.81. The van der Waals surface area contributed by atoms with E-state index < -0.39 is 0 Å². The first-order valence-corrected chi connectivity index (χ1v) is 7.19. The zero-order valence-electron chi connectivity index (χ0n) is 11.1. The number of hydrogen-bond donors (Lipinski definition) is 1. The Morgan fingerprint density at radius 1 is 1.17 bits per heavy atom. The lowest BCUT2D eigenvalue weighted by molar-refractivity contribution is 0.296. The van der Waals surface area contributed by atoms with Crippen LogP contribution in [-0.4, -0.2) is 20.3 Å². The van der Waals surface area contributed by atoms with Crippen LogP contribution in [0.3, 0.4) is 0 Å². The van der Waals surface area contributed by atoms with E-state index >= 15 is 0 Å². The van der Waals surface area contributed by atoms with E-state index in [1.165, 1.54) is 5.56 Å². The van der Waals surface area contributed by atoms with E-state index in [2.05, 4.69) is 41.2 Å². The third-order valence-corrected chi connectivity index (χ3v) is 3.87. The number of rotatable bonds is 3. The molecule has 1 N–H and O–H groups in total. The molecular weight excluding hydrogens is 294 g/mol. The van der Waals surface area contributed by atoms with Crippen molar-refractivity contribution in [3.05, 3.63) is 22.2 Å². The second kappa shape index (κ2) is 5.93. The summed E-state index contributed by atoms with van der Waals surface area (Å²) < 4.78 is 12.5. The molecule has 0 radical (unpaired) electrons. The number of halogens is 1. The highest BCUT2D eigenvalue weighted by Gasteiger charge is 2.20. The fourth-order valence-electron chi connectivity index (χ4n) is 2.29. The van der Waals surface area contributed by atoms with E-state index in [-0.39, 0.29) is 0 Å². The maximum atomic E-state index is 5.74. The fraction of sp³-hybridized carbons (Fsp3) is 0.571. The molecule has 100 valence electrons. The Morgan fingerprint density at radius 2 is 1.78 bits per heavy atom. The Kier molecular flexibility index (Phi) is 4.51. The molecule has 1 atom stereocenters. The van der Waals surface area contributed by atoms with Gasteiger partial charge in [0.15, 0.2) is 11.5 Å². The Balaban J connectivity index is 2.39. The van der Waals surface area contributed by atoms with E-state index in [1.54, 1.807) is 0 Å². The molecule has 1 aliphatic heterocycles. The number of ether oxygens (including phenoxy) is 2. The number of benzene rings is 1. The minimum atomic E-state index is 0.302. The van der Waals surface area contributed by atoms with Gasteiger partial charge >= 0.3 is 0 Å². The highest BCUT2D eigenvalue weighted by Crippen LogP contribution is 2.39. The van der Waals surface area contributed by atoms with E-state index in [1.807, 2.05) is 13.1 Å². The van der Waals surface area contributed by atoms with Gasteiger partial charge in [-0.15, -0.1) is 0 Å². The molecule has 3 nitrogen and oxygen atoms in total. The third-order valence-electron chi connectivity index (χ3n) is 3.18. The molecule has 1 aromatic carbocycles. The summed E-state index contributed by atoms with van der Waals surface area (Å²) in [6.45, 7) is 5.85. The Morgan fingerprint density at radius 3 is 2.33 bits per heavy atom. The largest absolute Gasteiger partial charge is 0.490 e. The van der Waals surface area contributed by atoms with Crippen LogP contribution in [0.1, 0.15) is 31.9 Å². The van der Waals surface area contributed by atoms with Crippen LogP contribution in [0.2, 0.25) is 0 Å². The SMILES string of the molecule is CNC(c1cc2c(cc1Br)OCCCO2)C(C)C. The van der Waals surface area contributed by atoms with E-state index in [9.17, 15) is 0 Å². The smallest absolute Gasteiger partial charge is 0.162 e. The van der Waals surface area contributed by atoms with Crippen LogP contribution >= 0.6 is 15.9 Å². The molecule has 0 bridgehead atoms. The molecule has 1 aromatic rings. The van der Waals surface area contributed by atoms with Crippen molar-refractivity contribution in [1.82, 2.24) is 5.32 Å². The molecule has 0 aliphatic carbocycles. The predicted molar refractivity (Wildman–Crippen MR) is 76.4 cm³/mol. The van der Waals surface area contributed by atoms with Crippen molar-refractivity contribution in [3.63, 3.8) is 0 Å². The molecular formula is C14H20BrNO2. The topological polar surface area (TPSA) is 30.5 Å². The molecule has 0 spiro atoms. The number of fused-ring (bicyclic) bond motifs is 1. The lowest BCUT2D eigenvalue weighted by Crippen LogP contribution is -2.22. The zero-order chi connectivity index (χ0) is 13.1. The van der Waals surface area contributed by atoms with Gasteiger partial charge in [-0.25, -0.2) is 0 Å². The summed E-state index contributed by atoms with van der Waals surface area (Å²) in [7, 11) is 1.99. The maximum absolute atomic E-state index is 5.74. The van der Waals surface area contributed by atoms with E-state index in [4.69, 9.17) is 9.47 Å². The van der Waals surface area contributed by atoms with Crippen LogP contribution in [0.4, 0.5) is 0 Å². The summed E-state index contributed by atoms with van der Waals surface area (Å²) in [5, 5.41) is 3.35. The van der Waals surface area contributed by atoms with Crippen LogP contribution in [0.5, 0.6) is 11.5 Å². The standard InChI is InChI=1S/C14H20BrNO2/c1-9(2)14(16-3)10-7-12-13(8-11(10)15)18-6-4-5-17-12/h7-9,14,16H,4-6H2,1-3H3. The van der Waals surface area contributed by atoms with Gasteiger partial charge in [-0.1, -0.05) is 29.8 Å². The van der Waals surface area contributed by atoms with Crippen molar-refractivity contribution < 1.29 is 9.47 Å². The minimum absolute atomic E-state index is 0.302. The quantitative estimate of drug-likeness (QED) is 0.926. The molecule has 2 rings (SSSR count). The molecule has 0 aromatic heterocycles. The van der Waals surface area contributed by atoms with Gasteiger partial charge in [-0.2, -0.15) is 0 Å². The summed E-state index contributed by atoms with van der Waals surface area (Å²) in [4.78, 5) is 0. The number of nitrogens with one attached hydrogen (secondary N) is 1. The van der Waals surface area contributed by atoms with Crippen molar-refractivity contribution in [2.45, 2.75) is 26.3 Å². The summed E-state index contributed by atoms with van der Waals surface area (Å²) in [5.41, 5.74) is 1.22. The van der Waals surface area contributed by atoms with E-state index in [0.717, 1.165) is 35.6 Å². The molecule has 1 heterocycles. The molecule has 0 amide bonds. The second-order valence-corrected chi connectivity index (χ2v) is 5.74. The van der Waals surface area contributed by atoms with Crippen LogP contribution in [0.15, 0.2) is 16.6 Å². The maximum Gasteiger partial charge on any atom is 0.162 e. The Labute approximate surface area is 117 Å². The van der Waals surface area contributed by atoms with Gasteiger partial charge in [-0.3, -0.25) is 0 Å². The molecule has 1 aliphatic rings. The second-order valence-electron chi connectivity index (χ2n) is 4.88. The van der Waals surface area contributed by atoms with Crippen LogP contribution < -0.4 is 14.8 Å². The monoisotopic (exact) mass is 313 g/mol. The van der Waals surface area contributed by atoms with Gasteiger partial charge in [0, 0.05) is 16.9 Å².